The number of benzene rings is 2. The summed E-state index contributed by atoms with van der Waals surface area (Å²) < 4.78 is 16.4. The van der Waals surface area contributed by atoms with Gasteiger partial charge < -0.3 is 19.1 Å². The molecule has 4 rings (SSSR count). The first-order chi connectivity index (χ1) is 16.0. The van der Waals surface area contributed by atoms with Crippen LogP contribution in [0.15, 0.2) is 48.2 Å². The summed E-state index contributed by atoms with van der Waals surface area (Å²) in [5.74, 6) is 0.504. The van der Waals surface area contributed by atoms with Crippen LogP contribution < -0.4 is 14.4 Å². The van der Waals surface area contributed by atoms with Gasteiger partial charge in [-0.1, -0.05) is 24.3 Å². The number of anilines is 1. The Balaban J connectivity index is 1.74. The average molecular weight is 451 g/mol. The van der Waals surface area contributed by atoms with Crippen LogP contribution in [-0.4, -0.2) is 56.7 Å². The van der Waals surface area contributed by atoms with Crippen LogP contribution in [0.3, 0.4) is 0 Å². The van der Waals surface area contributed by atoms with Gasteiger partial charge in [0.05, 0.1) is 25.9 Å². The van der Waals surface area contributed by atoms with E-state index in [1.807, 2.05) is 36.9 Å². The van der Waals surface area contributed by atoms with Crippen molar-refractivity contribution in [3.8, 4) is 11.5 Å². The van der Waals surface area contributed by atoms with Gasteiger partial charge in [0, 0.05) is 25.4 Å². The molecule has 2 amide bonds. The molecular weight excluding hydrogens is 420 g/mol. The van der Waals surface area contributed by atoms with Crippen molar-refractivity contribution in [1.82, 2.24) is 4.90 Å². The van der Waals surface area contributed by atoms with Crippen molar-refractivity contribution in [3.63, 3.8) is 0 Å². The Morgan fingerprint density at radius 3 is 2.45 bits per heavy atom. The van der Waals surface area contributed by atoms with Crippen molar-refractivity contribution in [2.75, 3.05) is 38.8 Å². The van der Waals surface area contributed by atoms with Gasteiger partial charge in [-0.25, -0.2) is 0 Å². The van der Waals surface area contributed by atoms with Gasteiger partial charge in [0.1, 0.15) is 5.70 Å². The SMILES string of the molecule is COc1ccc(C2=C(N3CCc4ccccc43)C(=O)N(CCCOC(C)C)C2=O)cc1OC. The quantitative estimate of drug-likeness (QED) is 0.429. The van der Waals surface area contributed by atoms with Gasteiger partial charge in [-0.05, 0) is 56.0 Å². The minimum atomic E-state index is -0.295. The zero-order valence-electron chi connectivity index (χ0n) is 19.6. The largest absolute Gasteiger partial charge is 0.493 e. The second-order valence-electron chi connectivity index (χ2n) is 8.36. The highest BCUT2D eigenvalue weighted by molar-refractivity contribution is 6.36. The number of para-hydroxylation sites is 1. The number of rotatable bonds is 9. The summed E-state index contributed by atoms with van der Waals surface area (Å²) >= 11 is 0. The molecule has 2 aromatic rings. The highest BCUT2D eigenvalue weighted by Crippen LogP contribution is 2.40. The Kier molecular flexibility index (Phi) is 6.70. The summed E-state index contributed by atoms with van der Waals surface area (Å²) in [6, 6.07) is 13.3. The summed E-state index contributed by atoms with van der Waals surface area (Å²) in [6.45, 7) is 5.37. The monoisotopic (exact) mass is 450 g/mol. The summed E-state index contributed by atoms with van der Waals surface area (Å²) in [4.78, 5) is 30.5. The van der Waals surface area contributed by atoms with Crippen molar-refractivity contribution in [3.05, 3.63) is 59.3 Å². The minimum absolute atomic E-state index is 0.104. The van der Waals surface area contributed by atoms with E-state index in [0.717, 1.165) is 12.1 Å². The molecule has 2 aliphatic rings. The number of nitrogens with zero attached hydrogens (tertiary/aromatic N) is 2. The molecule has 2 heterocycles. The molecule has 0 saturated heterocycles. The number of ether oxygens (including phenoxy) is 3. The fourth-order valence-electron chi connectivity index (χ4n) is 4.38. The number of fused-ring (bicyclic) bond motifs is 1. The molecule has 7 heteroatoms. The fourth-order valence-corrected chi connectivity index (χ4v) is 4.38. The van der Waals surface area contributed by atoms with Gasteiger partial charge in [0.2, 0.25) is 0 Å². The number of methoxy groups -OCH3 is 2. The number of hydrogen-bond donors (Lipinski definition) is 0. The second-order valence-corrected chi connectivity index (χ2v) is 8.36. The molecule has 0 aromatic heterocycles. The zero-order chi connectivity index (χ0) is 23.5. The highest BCUT2D eigenvalue weighted by atomic mass is 16.5. The summed E-state index contributed by atoms with van der Waals surface area (Å²) in [5, 5.41) is 0. The predicted molar refractivity (Wildman–Crippen MR) is 126 cm³/mol. The number of imide groups is 1. The number of carbonyl (C=O) groups is 2. The maximum atomic E-state index is 13.6. The van der Waals surface area contributed by atoms with Crippen LogP contribution in [0.5, 0.6) is 11.5 Å². The lowest BCUT2D eigenvalue weighted by atomic mass is 10.0. The summed E-state index contributed by atoms with van der Waals surface area (Å²) in [6.07, 6.45) is 1.51. The third-order valence-electron chi connectivity index (χ3n) is 5.95. The van der Waals surface area contributed by atoms with E-state index in [1.54, 1.807) is 32.4 Å². The van der Waals surface area contributed by atoms with Crippen LogP contribution in [0.25, 0.3) is 5.57 Å². The maximum absolute atomic E-state index is 13.6. The molecule has 0 saturated carbocycles. The smallest absolute Gasteiger partial charge is 0.278 e. The summed E-state index contributed by atoms with van der Waals surface area (Å²) in [7, 11) is 3.12. The first-order valence-corrected chi connectivity index (χ1v) is 11.3. The number of hydrogen-bond acceptors (Lipinski definition) is 6. The molecule has 7 nitrogen and oxygen atoms in total. The molecular formula is C26H30N2O5. The highest BCUT2D eigenvalue weighted by Gasteiger charge is 2.43. The van der Waals surface area contributed by atoms with E-state index in [2.05, 4.69) is 6.07 Å². The van der Waals surface area contributed by atoms with E-state index >= 15 is 0 Å². The Bertz CT molecular complexity index is 1090. The fraction of sp³-hybridized carbons (Fsp3) is 0.385. The standard InChI is InChI=1S/C26H30N2O5/c1-17(2)33-15-7-13-28-25(29)23(19-10-11-21(31-3)22(16-19)32-4)24(26(28)30)27-14-12-18-8-5-6-9-20(18)27/h5-6,8-11,16-17H,7,12-15H2,1-4H3. The molecule has 0 aliphatic carbocycles. The van der Waals surface area contributed by atoms with Gasteiger partial charge in [-0.15, -0.1) is 0 Å². The van der Waals surface area contributed by atoms with Gasteiger partial charge in [0.15, 0.2) is 11.5 Å². The molecule has 0 N–H and O–H groups in total. The van der Waals surface area contributed by atoms with Crippen LogP contribution in [0.4, 0.5) is 5.69 Å². The first-order valence-electron chi connectivity index (χ1n) is 11.3. The van der Waals surface area contributed by atoms with Crippen LogP contribution >= 0.6 is 0 Å². The molecule has 0 unspecified atom stereocenters. The minimum Gasteiger partial charge on any atom is -0.493 e. The van der Waals surface area contributed by atoms with Crippen LogP contribution in [-0.2, 0) is 20.7 Å². The summed E-state index contributed by atoms with van der Waals surface area (Å²) in [5.41, 5.74) is 3.58. The lowest BCUT2D eigenvalue weighted by Gasteiger charge is -2.22. The zero-order valence-corrected chi connectivity index (χ0v) is 19.6. The molecule has 33 heavy (non-hydrogen) atoms. The van der Waals surface area contributed by atoms with Crippen molar-refractivity contribution >= 4 is 23.1 Å². The Morgan fingerprint density at radius 1 is 0.970 bits per heavy atom. The van der Waals surface area contributed by atoms with Crippen molar-refractivity contribution in [2.24, 2.45) is 0 Å². The lowest BCUT2D eigenvalue weighted by molar-refractivity contribution is -0.137. The van der Waals surface area contributed by atoms with Gasteiger partial charge in [-0.2, -0.15) is 0 Å². The Morgan fingerprint density at radius 2 is 1.73 bits per heavy atom. The second kappa shape index (κ2) is 9.67. The van der Waals surface area contributed by atoms with Crippen molar-refractivity contribution < 1.29 is 23.8 Å². The van der Waals surface area contributed by atoms with Crippen LogP contribution in [0.1, 0.15) is 31.4 Å². The van der Waals surface area contributed by atoms with Crippen LogP contribution in [0.2, 0.25) is 0 Å². The third kappa shape index (κ3) is 4.33. The molecule has 0 fully saturated rings. The lowest BCUT2D eigenvalue weighted by Crippen LogP contribution is -2.36. The molecule has 2 aliphatic heterocycles. The predicted octanol–water partition coefficient (Wildman–Crippen LogP) is 3.66. The van der Waals surface area contributed by atoms with Crippen molar-refractivity contribution in [1.29, 1.82) is 0 Å². The van der Waals surface area contributed by atoms with E-state index in [4.69, 9.17) is 14.2 Å². The Labute approximate surface area is 194 Å². The molecule has 0 atom stereocenters. The first kappa shape index (κ1) is 22.9. The van der Waals surface area contributed by atoms with Gasteiger partial charge in [0.25, 0.3) is 11.8 Å². The van der Waals surface area contributed by atoms with E-state index in [9.17, 15) is 9.59 Å². The average Bonchev–Trinajstić information content (AvgIpc) is 3.34. The number of carbonyl (C=O) groups excluding carboxylic acids is 2. The molecule has 0 bridgehead atoms. The van der Waals surface area contributed by atoms with E-state index in [0.29, 0.717) is 54.4 Å². The van der Waals surface area contributed by atoms with E-state index < -0.39 is 0 Å². The molecule has 2 aromatic carbocycles. The molecule has 174 valence electrons. The normalized spacial score (nSPS) is 15.7. The van der Waals surface area contributed by atoms with Crippen molar-refractivity contribution in [2.45, 2.75) is 32.8 Å². The number of amides is 2. The van der Waals surface area contributed by atoms with E-state index in [1.165, 1.54) is 10.5 Å². The van der Waals surface area contributed by atoms with E-state index in [-0.39, 0.29) is 17.9 Å². The van der Waals surface area contributed by atoms with Gasteiger partial charge >= 0.3 is 0 Å². The topological polar surface area (TPSA) is 68.3 Å². The van der Waals surface area contributed by atoms with Gasteiger partial charge in [-0.3, -0.25) is 14.5 Å². The maximum Gasteiger partial charge on any atom is 0.278 e. The molecule has 0 spiro atoms. The molecule has 0 radical (unpaired) electrons. The third-order valence-corrected chi connectivity index (χ3v) is 5.95. The Hall–Kier alpha value is -3.32. The van der Waals surface area contributed by atoms with Crippen LogP contribution in [0, 0.1) is 0 Å².